The fourth-order valence-corrected chi connectivity index (χ4v) is 2.32. The van der Waals surface area contributed by atoms with Gasteiger partial charge < -0.3 is 5.32 Å². The standard InChI is InChI=1S/C16H18FNS/c1-11-4-7-14(10-16(11)17)18-12(2)13-5-8-15(19-3)9-6-13/h4-10,12,18H,1-3H3. The number of halogens is 1. The monoisotopic (exact) mass is 275 g/mol. The summed E-state index contributed by atoms with van der Waals surface area (Å²) < 4.78 is 13.5. The predicted molar refractivity (Wildman–Crippen MR) is 81.4 cm³/mol. The lowest BCUT2D eigenvalue weighted by atomic mass is 10.1. The molecule has 1 nitrogen and oxygen atoms in total. The summed E-state index contributed by atoms with van der Waals surface area (Å²) in [5, 5.41) is 3.32. The Balaban J connectivity index is 2.10. The molecule has 0 bridgehead atoms. The fourth-order valence-electron chi connectivity index (χ4n) is 1.91. The molecule has 2 aromatic rings. The third kappa shape index (κ3) is 3.51. The lowest BCUT2D eigenvalue weighted by Crippen LogP contribution is -2.06. The van der Waals surface area contributed by atoms with E-state index in [0.717, 1.165) is 5.69 Å². The molecule has 0 aliphatic carbocycles. The number of hydrogen-bond donors (Lipinski definition) is 1. The lowest BCUT2D eigenvalue weighted by Gasteiger charge is -2.16. The predicted octanol–water partition coefficient (Wildman–Crippen LogP) is 5.03. The average Bonchev–Trinajstić information content (AvgIpc) is 2.43. The maximum Gasteiger partial charge on any atom is 0.128 e. The van der Waals surface area contributed by atoms with E-state index in [9.17, 15) is 4.39 Å². The summed E-state index contributed by atoms with van der Waals surface area (Å²) >= 11 is 1.73. The molecule has 0 saturated carbocycles. The number of anilines is 1. The minimum absolute atomic E-state index is 0.151. The Hall–Kier alpha value is -1.48. The zero-order chi connectivity index (χ0) is 13.8. The number of benzene rings is 2. The molecular weight excluding hydrogens is 257 g/mol. The van der Waals surface area contributed by atoms with Crippen LogP contribution in [0.15, 0.2) is 47.4 Å². The molecule has 2 aromatic carbocycles. The van der Waals surface area contributed by atoms with Crippen molar-refractivity contribution < 1.29 is 4.39 Å². The summed E-state index contributed by atoms with van der Waals surface area (Å²) in [6, 6.07) is 13.8. The zero-order valence-corrected chi connectivity index (χ0v) is 12.2. The Kier molecular flexibility index (Phi) is 4.48. The minimum atomic E-state index is -0.171. The van der Waals surface area contributed by atoms with Crippen LogP contribution in [0, 0.1) is 12.7 Å². The average molecular weight is 275 g/mol. The number of aryl methyl sites for hydroxylation is 1. The van der Waals surface area contributed by atoms with E-state index in [-0.39, 0.29) is 11.9 Å². The van der Waals surface area contributed by atoms with Crippen molar-refractivity contribution in [1.29, 1.82) is 0 Å². The topological polar surface area (TPSA) is 12.0 Å². The van der Waals surface area contributed by atoms with Crippen molar-refractivity contribution in [2.24, 2.45) is 0 Å². The minimum Gasteiger partial charge on any atom is -0.378 e. The van der Waals surface area contributed by atoms with E-state index in [4.69, 9.17) is 0 Å². The summed E-state index contributed by atoms with van der Waals surface area (Å²) in [5.74, 6) is -0.171. The van der Waals surface area contributed by atoms with Gasteiger partial charge in [-0.1, -0.05) is 18.2 Å². The quantitative estimate of drug-likeness (QED) is 0.785. The first-order valence-corrected chi connectivity index (χ1v) is 7.49. The Morgan fingerprint density at radius 1 is 1.11 bits per heavy atom. The van der Waals surface area contributed by atoms with Crippen LogP contribution in [-0.4, -0.2) is 6.26 Å². The third-order valence-corrected chi connectivity index (χ3v) is 3.91. The van der Waals surface area contributed by atoms with E-state index < -0.39 is 0 Å². The molecule has 0 aromatic heterocycles. The molecule has 0 amide bonds. The van der Waals surface area contributed by atoms with Gasteiger partial charge in [-0.3, -0.25) is 0 Å². The summed E-state index contributed by atoms with van der Waals surface area (Å²) in [6.07, 6.45) is 2.06. The van der Waals surface area contributed by atoms with Gasteiger partial charge in [-0.25, -0.2) is 4.39 Å². The van der Waals surface area contributed by atoms with Crippen LogP contribution >= 0.6 is 11.8 Å². The summed E-state index contributed by atoms with van der Waals surface area (Å²) in [5.41, 5.74) is 2.67. The summed E-state index contributed by atoms with van der Waals surface area (Å²) in [4.78, 5) is 1.25. The Morgan fingerprint density at radius 2 is 1.79 bits per heavy atom. The van der Waals surface area contributed by atoms with E-state index >= 15 is 0 Å². The molecule has 19 heavy (non-hydrogen) atoms. The highest BCUT2D eigenvalue weighted by Crippen LogP contribution is 2.23. The van der Waals surface area contributed by atoms with Crippen LogP contribution in [-0.2, 0) is 0 Å². The van der Waals surface area contributed by atoms with Gasteiger partial charge in [-0.2, -0.15) is 0 Å². The van der Waals surface area contributed by atoms with Crippen molar-refractivity contribution in [2.45, 2.75) is 24.8 Å². The van der Waals surface area contributed by atoms with Crippen molar-refractivity contribution in [3.05, 3.63) is 59.4 Å². The van der Waals surface area contributed by atoms with Gasteiger partial charge in [0.25, 0.3) is 0 Å². The summed E-state index contributed by atoms with van der Waals surface area (Å²) in [6.45, 7) is 3.84. The van der Waals surface area contributed by atoms with Crippen LogP contribution in [0.3, 0.4) is 0 Å². The number of rotatable bonds is 4. The fraction of sp³-hybridized carbons (Fsp3) is 0.250. The Labute approximate surface area is 118 Å². The molecular formula is C16H18FNS. The number of hydrogen-bond acceptors (Lipinski definition) is 2. The van der Waals surface area contributed by atoms with Crippen LogP contribution in [0.25, 0.3) is 0 Å². The first-order valence-electron chi connectivity index (χ1n) is 6.27. The number of nitrogens with one attached hydrogen (secondary N) is 1. The van der Waals surface area contributed by atoms with Crippen LogP contribution < -0.4 is 5.32 Å². The van der Waals surface area contributed by atoms with Crippen molar-refractivity contribution >= 4 is 17.4 Å². The largest absolute Gasteiger partial charge is 0.378 e. The highest BCUT2D eigenvalue weighted by atomic mass is 32.2. The van der Waals surface area contributed by atoms with Gasteiger partial charge in [0.15, 0.2) is 0 Å². The van der Waals surface area contributed by atoms with Crippen molar-refractivity contribution in [3.8, 4) is 0 Å². The molecule has 100 valence electrons. The van der Waals surface area contributed by atoms with Gasteiger partial charge in [0, 0.05) is 16.6 Å². The lowest BCUT2D eigenvalue weighted by molar-refractivity contribution is 0.618. The second-order valence-electron chi connectivity index (χ2n) is 4.60. The highest BCUT2D eigenvalue weighted by Gasteiger charge is 2.06. The molecule has 0 aliphatic rings. The van der Waals surface area contributed by atoms with Crippen molar-refractivity contribution in [1.82, 2.24) is 0 Å². The second-order valence-corrected chi connectivity index (χ2v) is 5.48. The molecule has 0 spiro atoms. The van der Waals surface area contributed by atoms with Crippen LogP contribution in [0.5, 0.6) is 0 Å². The van der Waals surface area contributed by atoms with Gasteiger partial charge >= 0.3 is 0 Å². The van der Waals surface area contributed by atoms with Crippen molar-refractivity contribution in [3.63, 3.8) is 0 Å². The normalized spacial score (nSPS) is 12.2. The van der Waals surface area contributed by atoms with Crippen LogP contribution in [0.4, 0.5) is 10.1 Å². The maximum atomic E-state index is 13.5. The molecule has 0 saturated heterocycles. The highest BCUT2D eigenvalue weighted by molar-refractivity contribution is 7.98. The molecule has 0 radical (unpaired) electrons. The molecule has 0 fully saturated rings. The maximum absolute atomic E-state index is 13.5. The molecule has 3 heteroatoms. The molecule has 0 aliphatic heterocycles. The van der Waals surface area contributed by atoms with Gasteiger partial charge in [0.05, 0.1) is 0 Å². The molecule has 2 rings (SSSR count). The first-order chi connectivity index (χ1) is 9.10. The van der Waals surface area contributed by atoms with Crippen LogP contribution in [0.1, 0.15) is 24.1 Å². The zero-order valence-electron chi connectivity index (χ0n) is 11.4. The molecule has 1 unspecified atom stereocenters. The SMILES string of the molecule is CSc1ccc(C(C)Nc2ccc(C)c(F)c2)cc1. The first kappa shape index (κ1) is 13.9. The van der Waals surface area contributed by atoms with Gasteiger partial charge in [0.1, 0.15) is 5.82 Å². The number of thioether (sulfide) groups is 1. The van der Waals surface area contributed by atoms with Gasteiger partial charge in [-0.15, -0.1) is 11.8 Å². The van der Waals surface area contributed by atoms with E-state index in [1.54, 1.807) is 30.8 Å². The molecule has 1 N–H and O–H groups in total. The van der Waals surface area contributed by atoms with Gasteiger partial charge in [0.2, 0.25) is 0 Å². The van der Waals surface area contributed by atoms with Crippen molar-refractivity contribution in [2.75, 3.05) is 11.6 Å². The van der Waals surface area contributed by atoms with E-state index in [1.165, 1.54) is 10.5 Å². The third-order valence-electron chi connectivity index (χ3n) is 3.17. The smallest absolute Gasteiger partial charge is 0.128 e. The van der Waals surface area contributed by atoms with E-state index in [1.807, 2.05) is 6.07 Å². The molecule has 0 heterocycles. The van der Waals surface area contributed by atoms with E-state index in [2.05, 4.69) is 42.8 Å². The Morgan fingerprint density at radius 3 is 2.37 bits per heavy atom. The van der Waals surface area contributed by atoms with Gasteiger partial charge in [-0.05, 0) is 55.5 Å². The second kappa shape index (κ2) is 6.11. The summed E-state index contributed by atoms with van der Waals surface area (Å²) in [7, 11) is 0. The van der Waals surface area contributed by atoms with Crippen LogP contribution in [0.2, 0.25) is 0 Å². The Bertz CT molecular complexity index is 551. The van der Waals surface area contributed by atoms with E-state index in [0.29, 0.717) is 5.56 Å². The molecule has 1 atom stereocenters.